The minimum Gasteiger partial charge on any atom is -0.372 e. The molecule has 130 valence electrons. The molecule has 0 bridgehead atoms. The third-order valence-electron chi connectivity index (χ3n) is 4.70. The topological polar surface area (TPSA) is 44.7 Å². The Morgan fingerprint density at radius 3 is 2.24 bits per heavy atom. The highest BCUT2D eigenvalue weighted by Gasteiger charge is 2.12. The van der Waals surface area contributed by atoms with Gasteiger partial charge in [-0.3, -0.25) is 4.79 Å². The number of benzene rings is 2. The zero-order valence-electron chi connectivity index (χ0n) is 15.2. The average Bonchev–Trinajstić information content (AvgIpc) is 3.11. The SMILES string of the molecule is Cc1cc(C)c(/C=N\NC(=O)c2ccc(N3CCCC3)cc2)c(C)c1. The second kappa shape index (κ2) is 7.51. The number of hydrogen-bond donors (Lipinski definition) is 1. The Kier molecular flexibility index (Phi) is 5.17. The van der Waals surface area contributed by atoms with E-state index in [4.69, 9.17) is 0 Å². The van der Waals surface area contributed by atoms with Crippen LogP contribution in [0, 0.1) is 20.8 Å². The van der Waals surface area contributed by atoms with Crippen molar-refractivity contribution < 1.29 is 4.79 Å². The first-order valence-electron chi connectivity index (χ1n) is 8.81. The van der Waals surface area contributed by atoms with E-state index in [1.165, 1.54) is 24.1 Å². The van der Waals surface area contributed by atoms with Crippen molar-refractivity contribution in [3.63, 3.8) is 0 Å². The predicted octanol–water partition coefficient (Wildman–Crippen LogP) is 3.98. The minimum atomic E-state index is -0.188. The van der Waals surface area contributed by atoms with Gasteiger partial charge in [-0.15, -0.1) is 0 Å². The van der Waals surface area contributed by atoms with Crippen LogP contribution in [-0.2, 0) is 0 Å². The van der Waals surface area contributed by atoms with Crippen LogP contribution in [0.5, 0.6) is 0 Å². The second-order valence-electron chi connectivity index (χ2n) is 6.75. The van der Waals surface area contributed by atoms with E-state index in [1.54, 1.807) is 6.21 Å². The van der Waals surface area contributed by atoms with Crippen molar-refractivity contribution in [2.45, 2.75) is 33.6 Å². The van der Waals surface area contributed by atoms with Crippen LogP contribution in [0.1, 0.15) is 45.5 Å². The largest absolute Gasteiger partial charge is 0.372 e. The van der Waals surface area contributed by atoms with E-state index in [1.807, 2.05) is 24.3 Å². The number of hydrogen-bond acceptors (Lipinski definition) is 3. The summed E-state index contributed by atoms with van der Waals surface area (Å²) < 4.78 is 0. The summed E-state index contributed by atoms with van der Waals surface area (Å²) in [5.41, 5.74) is 9.03. The van der Waals surface area contributed by atoms with Crippen LogP contribution in [0.25, 0.3) is 0 Å². The molecule has 1 aliphatic rings. The van der Waals surface area contributed by atoms with Gasteiger partial charge in [0, 0.05) is 29.9 Å². The fourth-order valence-electron chi connectivity index (χ4n) is 3.41. The molecule has 1 amide bonds. The van der Waals surface area contributed by atoms with Crippen molar-refractivity contribution in [1.29, 1.82) is 0 Å². The lowest BCUT2D eigenvalue weighted by atomic mass is 10.0. The van der Waals surface area contributed by atoms with Crippen molar-refractivity contribution in [3.8, 4) is 0 Å². The van der Waals surface area contributed by atoms with E-state index < -0.39 is 0 Å². The standard InChI is InChI=1S/C21H25N3O/c1-15-12-16(2)20(17(3)13-15)14-22-23-21(25)18-6-8-19(9-7-18)24-10-4-5-11-24/h6-9,12-14H,4-5,10-11H2,1-3H3,(H,23,25)/b22-14-. The van der Waals surface area contributed by atoms with Gasteiger partial charge in [0.05, 0.1) is 6.21 Å². The zero-order chi connectivity index (χ0) is 17.8. The molecule has 1 N–H and O–H groups in total. The minimum absolute atomic E-state index is 0.188. The Morgan fingerprint density at radius 2 is 1.64 bits per heavy atom. The van der Waals surface area contributed by atoms with E-state index in [9.17, 15) is 4.79 Å². The Bertz CT molecular complexity index is 764. The Balaban J connectivity index is 1.64. The van der Waals surface area contributed by atoms with Gasteiger partial charge in [-0.25, -0.2) is 5.43 Å². The maximum atomic E-state index is 12.3. The smallest absolute Gasteiger partial charge is 0.271 e. The number of amides is 1. The Morgan fingerprint density at radius 1 is 1.04 bits per heavy atom. The number of nitrogens with one attached hydrogen (secondary N) is 1. The lowest BCUT2D eigenvalue weighted by molar-refractivity contribution is 0.0955. The quantitative estimate of drug-likeness (QED) is 0.678. The van der Waals surface area contributed by atoms with Gasteiger partial charge in [-0.05, 0) is 69.0 Å². The summed E-state index contributed by atoms with van der Waals surface area (Å²) in [6.45, 7) is 8.39. The highest BCUT2D eigenvalue weighted by molar-refractivity contribution is 5.95. The first kappa shape index (κ1) is 17.2. The van der Waals surface area contributed by atoms with E-state index >= 15 is 0 Å². The third kappa shape index (κ3) is 4.08. The second-order valence-corrected chi connectivity index (χ2v) is 6.75. The van der Waals surface area contributed by atoms with Gasteiger partial charge >= 0.3 is 0 Å². The number of carbonyl (C=O) groups is 1. The summed E-state index contributed by atoms with van der Waals surface area (Å²) in [7, 11) is 0. The molecule has 1 aliphatic heterocycles. The van der Waals surface area contributed by atoms with E-state index in [-0.39, 0.29) is 5.91 Å². The lowest BCUT2D eigenvalue weighted by Crippen LogP contribution is -2.19. The monoisotopic (exact) mass is 335 g/mol. The first-order chi connectivity index (χ1) is 12.0. The first-order valence-corrected chi connectivity index (χ1v) is 8.81. The van der Waals surface area contributed by atoms with Crippen molar-refractivity contribution in [1.82, 2.24) is 5.43 Å². The summed E-state index contributed by atoms with van der Waals surface area (Å²) in [6.07, 6.45) is 4.21. The van der Waals surface area contributed by atoms with Gasteiger partial charge in [-0.2, -0.15) is 5.10 Å². The van der Waals surface area contributed by atoms with Gasteiger partial charge in [0.1, 0.15) is 0 Å². The summed E-state index contributed by atoms with van der Waals surface area (Å²) in [4.78, 5) is 14.6. The molecule has 2 aromatic carbocycles. The van der Waals surface area contributed by atoms with Crippen molar-refractivity contribution in [3.05, 3.63) is 64.2 Å². The molecular formula is C21H25N3O. The number of hydrazone groups is 1. The molecule has 4 heteroatoms. The van der Waals surface area contributed by atoms with Crippen molar-refractivity contribution in [2.24, 2.45) is 5.10 Å². The number of rotatable bonds is 4. The van der Waals surface area contributed by atoms with E-state index in [2.05, 4.69) is 48.3 Å². The molecule has 1 heterocycles. The third-order valence-corrected chi connectivity index (χ3v) is 4.70. The summed E-state index contributed by atoms with van der Waals surface area (Å²) in [5.74, 6) is -0.188. The van der Waals surface area contributed by atoms with Crippen LogP contribution in [0.3, 0.4) is 0 Å². The fraction of sp³-hybridized carbons (Fsp3) is 0.333. The average molecular weight is 335 g/mol. The molecule has 0 saturated carbocycles. The van der Waals surface area contributed by atoms with Crippen molar-refractivity contribution >= 4 is 17.8 Å². The highest BCUT2D eigenvalue weighted by Crippen LogP contribution is 2.20. The molecule has 0 aromatic heterocycles. The molecule has 25 heavy (non-hydrogen) atoms. The summed E-state index contributed by atoms with van der Waals surface area (Å²) in [5, 5.41) is 4.13. The molecule has 0 unspecified atom stereocenters. The fourth-order valence-corrected chi connectivity index (χ4v) is 3.41. The van der Waals surface area contributed by atoms with Crippen LogP contribution in [0.2, 0.25) is 0 Å². The summed E-state index contributed by atoms with van der Waals surface area (Å²) >= 11 is 0. The number of carbonyl (C=O) groups excluding carboxylic acids is 1. The van der Waals surface area contributed by atoms with Crippen LogP contribution < -0.4 is 10.3 Å². The van der Waals surface area contributed by atoms with Crippen molar-refractivity contribution in [2.75, 3.05) is 18.0 Å². The maximum Gasteiger partial charge on any atom is 0.271 e. The Labute approximate surface area is 149 Å². The molecule has 0 radical (unpaired) electrons. The van der Waals surface area contributed by atoms with Crippen LogP contribution in [-0.4, -0.2) is 25.2 Å². The van der Waals surface area contributed by atoms with Gasteiger partial charge in [0.15, 0.2) is 0 Å². The molecular weight excluding hydrogens is 310 g/mol. The van der Waals surface area contributed by atoms with Gasteiger partial charge < -0.3 is 4.90 Å². The van der Waals surface area contributed by atoms with Gasteiger partial charge in [-0.1, -0.05) is 17.7 Å². The van der Waals surface area contributed by atoms with Crippen LogP contribution in [0.4, 0.5) is 5.69 Å². The predicted molar refractivity (Wildman–Crippen MR) is 104 cm³/mol. The zero-order valence-corrected chi connectivity index (χ0v) is 15.2. The lowest BCUT2D eigenvalue weighted by Gasteiger charge is -2.17. The van der Waals surface area contributed by atoms with Gasteiger partial charge in [0.2, 0.25) is 0 Å². The molecule has 0 atom stereocenters. The molecule has 0 aliphatic carbocycles. The number of nitrogens with zero attached hydrogens (tertiary/aromatic N) is 2. The molecule has 4 nitrogen and oxygen atoms in total. The van der Waals surface area contributed by atoms with E-state index in [0.29, 0.717) is 5.56 Å². The Hall–Kier alpha value is -2.62. The number of anilines is 1. The molecule has 3 rings (SSSR count). The van der Waals surface area contributed by atoms with E-state index in [0.717, 1.165) is 29.8 Å². The highest BCUT2D eigenvalue weighted by atomic mass is 16.2. The number of aryl methyl sites for hydroxylation is 3. The summed E-state index contributed by atoms with van der Waals surface area (Å²) in [6, 6.07) is 12.0. The van der Waals surface area contributed by atoms with Gasteiger partial charge in [0.25, 0.3) is 5.91 Å². The maximum absolute atomic E-state index is 12.3. The molecule has 2 aromatic rings. The molecule has 1 fully saturated rings. The molecule has 0 spiro atoms. The normalized spacial score (nSPS) is 14.3. The molecule has 1 saturated heterocycles. The van der Waals surface area contributed by atoms with Crippen LogP contribution >= 0.6 is 0 Å². The van der Waals surface area contributed by atoms with Crippen LogP contribution in [0.15, 0.2) is 41.5 Å².